The van der Waals surface area contributed by atoms with Crippen LogP contribution < -0.4 is 11.1 Å². The average molecular weight is 253 g/mol. The van der Waals surface area contributed by atoms with Crippen LogP contribution in [-0.4, -0.2) is 47.3 Å². The van der Waals surface area contributed by atoms with Crippen molar-refractivity contribution >= 4 is 11.7 Å². The number of carbonyl (C=O) groups excluding carboxylic acids is 1. The Morgan fingerprint density at radius 2 is 2.17 bits per heavy atom. The van der Waals surface area contributed by atoms with Crippen LogP contribution in [0.4, 0.5) is 5.82 Å². The number of nitrogen functional groups attached to an aromatic ring is 1. The van der Waals surface area contributed by atoms with Crippen LogP contribution in [0.2, 0.25) is 0 Å². The van der Waals surface area contributed by atoms with Crippen molar-refractivity contribution < 1.29 is 4.79 Å². The van der Waals surface area contributed by atoms with Gasteiger partial charge in [-0.25, -0.2) is 0 Å². The molecule has 1 heterocycles. The third-order valence-corrected chi connectivity index (χ3v) is 2.91. The van der Waals surface area contributed by atoms with Crippen molar-refractivity contribution in [1.29, 1.82) is 0 Å². The predicted molar refractivity (Wildman–Crippen MR) is 72.3 cm³/mol. The molecule has 6 nitrogen and oxygen atoms in total. The van der Waals surface area contributed by atoms with Gasteiger partial charge in [0.2, 0.25) is 0 Å². The molecule has 0 bridgehead atoms. The maximum atomic E-state index is 12.1. The van der Waals surface area contributed by atoms with E-state index >= 15 is 0 Å². The molecule has 0 saturated heterocycles. The molecule has 0 aromatic carbocycles. The molecule has 0 aliphatic rings. The Balaban J connectivity index is 2.75. The normalized spacial score (nSPS) is 13.1. The molecule has 1 rings (SSSR count). The molecule has 1 atom stereocenters. The predicted octanol–water partition coefficient (Wildman–Crippen LogP) is 0.318. The van der Waals surface area contributed by atoms with E-state index < -0.39 is 0 Å². The fraction of sp³-hybridized carbons (Fsp3) is 0.667. The number of hydrogen-bond donors (Lipinski definition) is 2. The lowest BCUT2D eigenvalue weighted by molar-refractivity contribution is 0.0917. The summed E-state index contributed by atoms with van der Waals surface area (Å²) in [5.41, 5.74) is 6.22. The van der Waals surface area contributed by atoms with Gasteiger partial charge in [-0.1, -0.05) is 13.8 Å². The summed E-state index contributed by atoms with van der Waals surface area (Å²) in [6, 6.07) is 0.0899. The molecule has 0 aliphatic heterocycles. The van der Waals surface area contributed by atoms with E-state index in [1.807, 2.05) is 14.1 Å². The van der Waals surface area contributed by atoms with Crippen LogP contribution in [-0.2, 0) is 7.05 Å². The highest BCUT2D eigenvalue weighted by Crippen LogP contribution is 2.11. The molecule has 3 N–H and O–H groups in total. The number of nitrogens with zero attached hydrogens (tertiary/aromatic N) is 3. The molecule has 18 heavy (non-hydrogen) atoms. The number of rotatable bonds is 5. The molecule has 0 spiro atoms. The lowest BCUT2D eigenvalue weighted by Crippen LogP contribution is -2.45. The molecule has 102 valence electrons. The van der Waals surface area contributed by atoms with Crippen LogP contribution in [0.25, 0.3) is 0 Å². The van der Waals surface area contributed by atoms with E-state index in [9.17, 15) is 4.79 Å². The van der Waals surface area contributed by atoms with E-state index in [1.165, 1.54) is 10.9 Å². The van der Waals surface area contributed by atoms with Crippen LogP contribution in [0.5, 0.6) is 0 Å². The molecule has 6 heteroatoms. The fourth-order valence-corrected chi connectivity index (χ4v) is 1.68. The lowest BCUT2D eigenvalue weighted by Gasteiger charge is -2.25. The molecule has 1 aromatic heterocycles. The van der Waals surface area contributed by atoms with E-state index in [0.717, 1.165) is 6.54 Å². The SMILES string of the molecule is CC(C)C(CN(C)C)NC(=O)c1cnn(C)c1N. The van der Waals surface area contributed by atoms with Gasteiger partial charge in [0, 0.05) is 19.6 Å². The quantitative estimate of drug-likeness (QED) is 0.792. The number of anilines is 1. The summed E-state index contributed by atoms with van der Waals surface area (Å²) >= 11 is 0. The topological polar surface area (TPSA) is 76.2 Å². The number of carbonyl (C=O) groups is 1. The van der Waals surface area contributed by atoms with Crippen LogP contribution in [0.1, 0.15) is 24.2 Å². The highest BCUT2D eigenvalue weighted by molar-refractivity contribution is 5.98. The van der Waals surface area contributed by atoms with E-state index in [4.69, 9.17) is 5.73 Å². The fourth-order valence-electron chi connectivity index (χ4n) is 1.68. The van der Waals surface area contributed by atoms with Crippen molar-refractivity contribution in [3.8, 4) is 0 Å². The monoisotopic (exact) mass is 253 g/mol. The average Bonchev–Trinajstić information content (AvgIpc) is 2.58. The zero-order valence-corrected chi connectivity index (χ0v) is 11.8. The highest BCUT2D eigenvalue weighted by Gasteiger charge is 2.20. The van der Waals surface area contributed by atoms with Gasteiger partial charge in [-0.3, -0.25) is 9.48 Å². The van der Waals surface area contributed by atoms with Crippen LogP contribution in [0.3, 0.4) is 0 Å². The number of nitrogens with one attached hydrogen (secondary N) is 1. The minimum absolute atomic E-state index is 0.0899. The molecule has 0 saturated carbocycles. The number of likely N-dealkylation sites (N-methyl/N-ethyl adjacent to an activating group) is 1. The molecule has 1 unspecified atom stereocenters. The van der Waals surface area contributed by atoms with Crippen molar-refractivity contribution in [1.82, 2.24) is 20.0 Å². The number of hydrogen-bond acceptors (Lipinski definition) is 4. The van der Waals surface area contributed by atoms with Gasteiger partial charge in [-0.15, -0.1) is 0 Å². The Morgan fingerprint density at radius 3 is 2.56 bits per heavy atom. The Labute approximate surface area is 108 Å². The molecule has 0 aliphatic carbocycles. The maximum Gasteiger partial charge on any atom is 0.256 e. The number of aromatic nitrogens is 2. The first-order valence-corrected chi connectivity index (χ1v) is 6.06. The Morgan fingerprint density at radius 1 is 1.56 bits per heavy atom. The van der Waals surface area contributed by atoms with Gasteiger partial charge in [0.25, 0.3) is 5.91 Å². The maximum absolute atomic E-state index is 12.1. The third kappa shape index (κ3) is 3.46. The van der Waals surface area contributed by atoms with E-state index in [1.54, 1.807) is 7.05 Å². The van der Waals surface area contributed by atoms with Crippen molar-refractivity contribution in [2.24, 2.45) is 13.0 Å². The molecular weight excluding hydrogens is 230 g/mol. The minimum atomic E-state index is -0.166. The van der Waals surface area contributed by atoms with Crippen LogP contribution in [0, 0.1) is 5.92 Å². The molecule has 0 fully saturated rings. The van der Waals surface area contributed by atoms with Crippen molar-refractivity contribution in [2.75, 3.05) is 26.4 Å². The van der Waals surface area contributed by atoms with E-state index in [0.29, 0.717) is 17.3 Å². The van der Waals surface area contributed by atoms with Gasteiger partial charge < -0.3 is 16.0 Å². The lowest BCUT2D eigenvalue weighted by atomic mass is 10.0. The largest absolute Gasteiger partial charge is 0.383 e. The minimum Gasteiger partial charge on any atom is -0.383 e. The first-order valence-electron chi connectivity index (χ1n) is 6.06. The Bertz CT molecular complexity index is 411. The Hall–Kier alpha value is -1.56. The number of nitrogens with two attached hydrogens (primary N) is 1. The first kappa shape index (κ1) is 14.5. The number of aryl methyl sites for hydroxylation is 1. The van der Waals surface area contributed by atoms with Crippen LogP contribution in [0.15, 0.2) is 6.20 Å². The molecular formula is C12H23N5O. The molecule has 1 amide bonds. The van der Waals surface area contributed by atoms with Gasteiger partial charge in [-0.05, 0) is 20.0 Å². The second-order valence-electron chi connectivity index (χ2n) is 5.15. The number of amides is 1. The van der Waals surface area contributed by atoms with E-state index in [-0.39, 0.29) is 11.9 Å². The van der Waals surface area contributed by atoms with Gasteiger partial charge in [0.05, 0.1) is 6.20 Å². The summed E-state index contributed by atoms with van der Waals surface area (Å²) in [5.74, 6) is 0.579. The third-order valence-electron chi connectivity index (χ3n) is 2.91. The van der Waals surface area contributed by atoms with Crippen molar-refractivity contribution in [3.63, 3.8) is 0 Å². The smallest absolute Gasteiger partial charge is 0.256 e. The standard InChI is InChI=1S/C12H23N5O/c1-8(2)10(7-16(3)4)15-12(18)9-6-14-17(5)11(9)13/h6,8,10H,7,13H2,1-5H3,(H,15,18). The van der Waals surface area contributed by atoms with Crippen LogP contribution >= 0.6 is 0 Å². The molecule has 0 radical (unpaired) electrons. The van der Waals surface area contributed by atoms with Gasteiger partial charge in [-0.2, -0.15) is 5.10 Å². The summed E-state index contributed by atoms with van der Waals surface area (Å²) in [4.78, 5) is 14.2. The summed E-state index contributed by atoms with van der Waals surface area (Å²) in [5, 5.41) is 6.98. The highest BCUT2D eigenvalue weighted by atomic mass is 16.1. The van der Waals surface area contributed by atoms with Crippen molar-refractivity contribution in [3.05, 3.63) is 11.8 Å². The van der Waals surface area contributed by atoms with Crippen molar-refractivity contribution in [2.45, 2.75) is 19.9 Å². The van der Waals surface area contributed by atoms with Gasteiger partial charge >= 0.3 is 0 Å². The first-order chi connectivity index (χ1) is 8.32. The Kier molecular flexibility index (Phi) is 4.72. The van der Waals surface area contributed by atoms with E-state index in [2.05, 4.69) is 29.2 Å². The molecule has 1 aromatic rings. The summed E-state index contributed by atoms with van der Waals surface area (Å²) < 4.78 is 1.49. The summed E-state index contributed by atoms with van der Waals surface area (Å²) in [6.07, 6.45) is 1.50. The van der Waals surface area contributed by atoms with Gasteiger partial charge in [0.15, 0.2) is 0 Å². The summed E-state index contributed by atoms with van der Waals surface area (Å²) in [6.45, 7) is 4.96. The summed E-state index contributed by atoms with van der Waals surface area (Å²) in [7, 11) is 5.69. The van der Waals surface area contributed by atoms with Gasteiger partial charge in [0.1, 0.15) is 11.4 Å². The zero-order chi connectivity index (χ0) is 13.9. The second-order valence-corrected chi connectivity index (χ2v) is 5.15. The zero-order valence-electron chi connectivity index (χ0n) is 11.8. The second kappa shape index (κ2) is 5.86.